The first-order valence-corrected chi connectivity index (χ1v) is 13.2. The lowest BCUT2D eigenvalue weighted by atomic mass is 9.85. The zero-order chi connectivity index (χ0) is 26.8. The summed E-state index contributed by atoms with van der Waals surface area (Å²) < 4.78 is 10.8. The highest BCUT2D eigenvalue weighted by Crippen LogP contribution is 2.39. The summed E-state index contributed by atoms with van der Waals surface area (Å²) in [5, 5.41) is 2.92. The van der Waals surface area contributed by atoms with Gasteiger partial charge in [0.05, 0.1) is 6.67 Å². The van der Waals surface area contributed by atoms with Crippen LogP contribution in [0.2, 0.25) is 0 Å². The van der Waals surface area contributed by atoms with Crippen LogP contribution < -0.4 is 19.7 Å². The lowest BCUT2D eigenvalue weighted by Gasteiger charge is -2.43. The third-order valence-corrected chi connectivity index (χ3v) is 7.74. The second kappa shape index (κ2) is 10.3. The van der Waals surface area contributed by atoms with Crippen LogP contribution in [-0.2, 0) is 16.1 Å². The molecule has 39 heavy (non-hydrogen) atoms. The monoisotopic (exact) mass is 526 g/mol. The number of rotatable bonds is 6. The molecular formula is C30H30N4O5. The van der Waals surface area contributed by atoms with Crippen molar-refractivity contribution in [3.05, 3.63) is 90.0 Å². The molecule has 3 amide bonds. The average molecular weight is 527 g/mol. The van der Waals surface area contributed by atoms with Gasteiger partial charge in [0.25, 0.3) is 11.8 Å². The summed E-state index contributed by atoms with van der Waals surface area (Å²) in [5.74, 6) is 1.02. The van der Waals surface area contributed by atoms with E-state index in [1.807, 2.05) is 83.8 Å². The molecule has 0 atom stereocenters. The summed E-state index contributed by atoms with van der Waals surface area (Å²) >= 11 is 0. The molecule has 3 aliphatic rings. The molecule has 9 heteroatoms. The summed E-state index contributed by atoms with van der Waals surface area (Å²) in [6.07, 6.45) is 0.989. The van der Waals surface area contributed by atoms with Crippen molar-refractivity contribution in [1.29, 1.82) is 0 Å². The van der Waals surface area contributed by atoms with E-state index in [2.05, 4.69) is 10.2 Å². The minimum absolute atomic E-state index is 0.0260. The number of carbonyl (C=O) groups is 3. The molecule has 2 saturated heterocycles. The molecule has 200 valence electrons. The maximum absolute atomic E-state index is 13.9. The van der Waals surface area contributed by atoms with Crippen LogP contribution in [0.5, 0.6) is 11.5 Å². The van der Waals surface area contributed by atoms with E-state index in [0.29, 0.717) is 56.2 Å². The van der Waals surface area contributed by atoms with Gasteiger partial charge in [0.1, 0.15) is 12.1 Å². The molecule has 9 nitrogen and oxygen atoms in total. The van der Waals surface area contributed by atoms with Gasteiger partial charge < -0.3 is 29.5 Å². The van der Waals surface area contributed by atoms with E-state index in [1.54, 1.807) is 4.90 Å². The summed E-state index contributed by atoms with van der Waals surface area (Å²) in [6, 6.07) is 24.6. The molecule has 0 unspecified atom stereocenters. The van der Waals surface area contributed by atoms with E-state index in [1.165, 1.54) is 0 Å². The van der Waals surface area contributed by atoms with Gasteiger partial charge in [0.15, 0.2) is 11.5 Å². The van der Waals surface area contributed by atoms with Gasteiger partial charge in [-0.25, -0.2) is 0 Å². The Kier molecular flexibility index (Phi) is 6.56. The Morgan fingerprint density at radius 1 is 0.872 bits per heavy atom. The summed E-state index contributed by atoms with van der Waals surface area (Å²) in [6.45, 7) is 1.72. The Morgan fingerprint density at radius 2 is 1.56 bits per heavy atom. The van der Waals surface area contributed by atoms with Crippen molar-refractivity contribution in [3.63, 3.8) is 0 Å². The van der Waals surface area contributed by atoms with Crippen LogP contribution >= 0.6 is 0 Å². The molecule has 2 fully saturated rings. The van der Waals surface area contributed by atoms with Gasteiger partial charge in [-0.15, -0.1) is 0 Å². The predicted octanol–water partition coefficient (Wildman–Crippen LogP) is 3.01. The number of benzene rings is 3. The fraction of sp³-hybridized carbons (Fsp3) is 0.300. The first-order valence-electron chi connectivity index (χ1n) is 13.2. The third kappa shape index (κ3) is 4.76. The van der Waals surface area contributed by atoms with Gasteiger partial charge in [-0.05, 0) is 54.8 Å². The highest BCUT2D eigenvalue weighted by atomic mass is 16.7. The predicted molar refractivity (Wildman–Crippen MR) is 144 cm³/mol. The van der Waals surface area contributed by atoms with Crippen LogP contribution in [0.3, 0.4) is 0 Å². The van der Waals surface area contributed by atoms with Crippen LogP contribution in [-0.4, -0.2) is 66.2 Å². The fourth-order valence-electron chi connectivity index (χ4n) is 5.65. The zero-order valence-electron chi connectivity index (χ0n) is 21.5. The summed E-state index contributed by atoms with van der Waals surface area (Å²) in [7, 11) is 0. The number of amides is 3. The number of ether oxygens (including phenoxy) is 2. The number of piperidine rings is 1. The molecule has 1 N–H and O–H groups in total. The Balaban J connectivity index is 1.15. The molecule has 3 heterocycles. The van der Waals surface area contributed by atoms with Crippen molar-refractivity contribution in [3.8, 4) is 11.5 Å². The first kappa shape index (κ1) is 24.8. The summed E-state index contributed by atoms with van der Waals surface area (Å²) in [5.41, 5.74) is 1.66. The number of para-hydroxylation sites is 1. The van der Waals surface area contributed by atoms with Gasteiger partial charge in [-0.2, -0.15) is 0 Å². The molecule has 6 rings (SSSR count). The van der Waals surface area contributed by atoms with Gasteiger partial charge in [0, 0.05) is 30.9 Å². The lowest BCUT2D eigenvalue weighted by molar-refractivity contribution is -0.137. The number of nitrogens with one attached hydrogen (secondary N) is 1. The number of hydrogen-bond acceptors (Lipinski definition) is 6. The van der Waals surface area contributed by atoms with E-state index in [9.17, 15) is 14.4 Å². The molecular weight excluding hydrogens is 496 g/mol. The molecule has 0 aliphatic carbocycles. The van der Waals surface area contributed by atoms with Gasteiger partial charge >= 0.3 is 0 Å². The van der Waals surface area contributed by atoms with Crippen molar-refractivity contribution >= 4 is 23.4 Å². The van der Waals surface area contributed by atoms with Crippen LogP contribution in [0.1, 0.15) is 28.8 Å². The first-order chi connectivity index (χ1) is 19.0. The Morgan fingerprint density at radius 3 is 2.31 bits per heavy atom. The standard InChI is InChI=1S/C30H30N4O5/c35-27(31-18-22-11-12-25-26(17-22)39-21-38-25)19-33-20-34(24-9-5-2-6-10-24)30(29(33)37)13-15-32(16-14-30)28(36)23-7-3-1-4-8-23/h1-12,17H,13-16,18-21H2,(H,31,35). The maximum atomic E-state index is 13.9. The number of carbonyl (C=O) groups excluding carboxylic acids is 3. The average Bonchev–Trinajstić information content (AvgIpc) is 3.55. The number of fused-ring (bicyclic) bond motifs is 1. The van der Waals surface area contributed by atoms with Crippen molar-refractivity contribution in [2.24, 2.45) is 0 Å². The minimum atomic E-state index is -0.799. The van der Waals surface area contributed by atoms with Gasteiger partial charge in [-0.3, -0.25) is 14.4 Å². The number of anilines is 1. The van der Waals surface area contributed by atoms with Crippen LogP contribution in [0.15, 0.2) is 78.9 Å². The zero-order valence-corrected chi connectivity index (χ0v) is 21.5. The second-order valence-electron chi connectivity index (χ2n) is 10.1. The van der Waals surface area contributed by atoms with Crippen LogP contribution in [0.4, 0.5) is 5.69 Å². The smallest absolute Gasteiger partial charge is 0.253 e. The van der Waals surface area contributed by atoms with Crippen molar-refractivity contribution in [2.75, 3.05) is 38.0 Å². The normalized spacial score (nSPS) is 17.5. The molecule has 0 radical (unpaired) electrons. The quantitative estimate of drug-likeness (QED) is 0.531. The number of hydrogen-bond donors (Lipinski definition) is 1. The van der Waals surface area contributed by atoms with Gasteiger partial charge in [0.2, 0.25) is 12.7 Å². The van der Waals surface area contributed by atoms with Gasteiger partial charge in [-0.1, -0.05) is 42.5 Å². The SMILES string of the molecule is O=C(CN1CN(c2ccccc2)C2(CCN(C(=O)c3ccccc3)CC2)C1=O)NCc1ccc2c(c1)OCO2. The maximum Gasteiger partial charge on any atom is 0.253 e. The van der Waals surface area contributed by atoms with Crippen molar-refractivity contribution in [2.45, 2.75) is 24.9 Å². The second-order valence-corrected chi connectivity index (χ2v) is 10.1. The molecule has 3 aromatic carbocycles. The van der Waals surface area contributed by atoms with Crippen molar-refractivity contribution < 1.29 is 23.9 Å². The number of nitrogens with zero attached hydrogens (tertiary/aromatic N) is 3. The van der Waals surface area contributed by atoms with E-state index in [-0.39, 0.29) is 31.1 Å². The number of likely N-dealkylation sites (tertiary alicyclic amines) is 1. The molecule has 0 bridgehead atoms. The Labute approximate surface area is 226 Å². The van der Waals surface area contributed by atoms with E-state index in [4.69, 9.17) is 9.47 Å². The highest BCUT2D eigenvalue weighted by Gasteiger charge is 2.54. The minimum Gasteiger partial charge on any atom is -0.454 e. The van der Waals surface area contributed by atoms with E-state index < -0.39 is 5.54 Å². The van der Waals surface area contributed by atoms with E-state index in [0.717, 1.165) is 11.3 Å². The molecule has 3 aliphatic heterocycles. The Bertz CT molecular complexity index is 1370. The molecule has 3 aromatic rings. The summed E-state index contributed by atoms with van der Waals surface area (Å²) in [4.78, 5) is 45.4. The third-order valence-electron chi connectivity index (χ3n) is 7.74. The highest BCUT2D eigenvalue weighted by molar-refractivity contribution is 5.97. The Hall–Kier alpha value is -4.53. The van der Waals surface area contributed by atoms with E-state index >= 15 is 0 Å². The lowest BCUT2D eigenvalue weighted by Crippen LogP contribution is -2.57. The molecule has 1 spiro atoms. The molecule has 0 aromatic heterocycles. The largest absolute Gasteiger partial charge is 0.454 e. The van der Waals surface area contributed by atoms with Crippen LogP contribution in [0.25, 0.3) is 0 Å². The topological polar surface area (TPSA) is 91.4 Å². The molecule has 0 saturated carbocycles. The van der Waals surface area contributed by atoms with Crippen molar-refractivity contribution in [1.82, 2.24) is 15.1 Å². The fourth-order valence-corrected chi connectivity index (χ4v) is 5.65. The van der Waals surface area contributed by atoms with Crippen LogP contribution in [0, 0.1) is 0 Å².